The van der Waals surface area contributed by atoms with Crippen LogP contribution in [0.2, 0.25) is 10.0 Å². The second-order valence-electron chi connectivity index (χ2n) is 4.36. The molecule has 0 N–H and O–H groups in total. The first kappa shape index (κ1) is 12.5. The SMILES string of the molecule is Cc1nccc2c1nc(-c1c(Cl)cccc1Cl)n2C. The van der Waals surface area contributed by atoms with Gasteiger partial charge >= 0.3 is 0 Å². The summed E-state index contributed by atoms with van der Waals surface area (Å²) in [7, 11) is 1.95. The van der Waals surface area contributed by atoms with Crippen molar-refractivity contribution in [1.29, 1.82) is 0 Å². The van der Waals surface area contributed by atoms with Gasteiger partial charge in [-0.15, -0.1) is 0 Å². The summed E-state index contributed by atoms with van der Waals surface area (Å²) in [6, 6.07) is 7.38. The van der Waals surface area contributed by atoms with Crippen molar-refractivity contribution < 1.29 is 0 Å². The monoisotopic (exact) mass is 291 g/mol. The number of rotatable bonds is 1. The van der Waals surface area contributed by atoms with Crippen LogP contribution in [0.3, 0.4) is 0 Å². The summed E-state index contributed by atoms with van der Waals surface area (Å²) in [5.74, 6) is 0.752. The fourth-order valence-corrected chi connectivity index (χ4v) is 2.75. The Morgan fingerprint density at radius 1 is 1.11 bits per heavy atom. The number of aromatic nitrogens is 3. The number of pyridine rings is 1. The molecule has 0 fully saturated rings. The van der Waals surface area contributed by atoms with Crippen LogP contribution in [-0.2, 0) is 7.05 Å². The zero-order valence-electron chi connectivity index (χ0n) is 10.5. The van der Waals surface area contributed by atoms with E-state index >= 15 is 0 Å². The number of halogens is 2. The predicted molar refractivity (Wildman–Crippen MR) is 78.7 cm³/mol. The van der Waals surface area contributed by atoms with Crippen molar-refractivity contribution in [2.75, 3.05) is 0 Å². The van der Waals surface area contributed by atoms with Crippen LogP contribution in [0.15, 0.2) is 30.5 Å². The highest BCUT2D eigenvalue weighted by molar-refractivity contribution is 6.39. The Hall–Kier alpha value is -1.58. The molecular weight excluding hydrogens is 281 g/mol. The number of aryl methyl sites for hydroxylation is 2. The molecule has 0 aliphatic heterocycles. The van der Waals surface area contributed by atoms with Gasteiger partial charge in [0.1, 0.15) is 11.3 Å². The minimum atomic E-state index is 0.594. The van der Waals surface area contributed by atoms with Crippen LogP contribution in [0.25, 0.3) is 22.4 Å². The van der Waals surface area contributed by atoms with Crippen LogP contribution < -0.4 is 0 Å². The van der Waals surface area contributed by atoms with Gasteiger partial charge in [0.25, 0.3) is 0 Å². The summed E-state index contributed by atoms with van der Waals surface area (Å²) < 4.78 is 1.98. The number of hydrogen-bond acceptors (Lipinski definition) is 2. The Bertz CT molecular complexity index is 757. The van der Waals surface area contributed by atoms with Crippen LogP contribution in [0, 0.1) is 6.92 Å². The number of benzene rings is 1. The average molecular weight is 292 g/mol. The Morgan fingerprint density at radius 2 is 1.79 bits per heavy atom. The van der Waals surface area contributed by atoms with Crippen LogP contribution in [-0.4, -0.2) is 14.5 Å². The highest BCUT2D eigenvalue weighted by atomic mass is 35.5. The smallest absolute Gasteiger partial charge is 0.143 e. The standard InChI is InChI=1S/C14H11Cl2N3/c1-8-13-11(6-7-17-8)19(2)14(18-13)12-9(15)4-3-5-10(12)16/h3-7H,1-2H3. The summed E-state index contributed by atoms with van der Waals surface area (Å²) in [5.41, 5.74) is 3.53. The highest BCUT2D eigenvalue weighted by Gasteiger charge is 2.16. The lowest BCUT2D eigenvalue weighted by atomic mass is 10.2. The van der Waals surface area contributed by atoms with E-state index in [2.05, 4.69) is 9.97 Å². The molecule has 0 atom stereocenters. The molecule has 0 radical (unpaired) electrons. The zero-order chi connectivity index (χ0) is 13.6. The lowest BCUT2D eigenvalue weighted by Crippen LogP contribution is -1.94. The van der Waals surface area contributed by atoms with Gasteiger partial charge in [0.15, 0.2) is 0 Å². The van der Waals surface area contributed by atoms with E-state index in [0.29, 0.717) is 10.0 Å². The van der Waals surface area contributed by atoms with Gasteiger partial charge in [-0.2, -0.15) is 0 Å². The van der Waals surface area contributed by atoms with Gasteiger partial charge in [0.05, 0.1) is 26.8 Å². The van der Waals surface area contributed by atoms with Crippen LogP contribution >= 0.6 is 23.2 Å². The molecule has 0 aliphatic rings. The first-order valence-corrected chi connectivity index (χ1v) is 6.57. The minimum Gasteiger partial charge on any atom is -0.327 e. The van der Waals surface area contributed by atoms with E-state index in [-0.39, 0.29) is 0 Å². The molecular formula is C14H11Cl2N3. The molecule has 0 saturated heterocycles. The van der Waals surface area contributed by atoms with E-state index in [4.69, 9.17) is 23.2 Å². The highest BCUT2D eigenvalue weighted by Crippen LogP contribution is 2.35. The third-order valence-corrected chi connectivity index (χ3v) is 3.80. The van der Waals surface area contributed by atoms with Crippen LogP contribution in [0.5, 0.6) is 0 Å². The summed E-state index contributed by atoms with van der Waals surface area (Å²) in [6.07, 6.45) is 1.78. The third kappa shape index (κ3) is 1.90. The van der Waals surface area contributed by atoms with E-state index in [0.717, 1.165) is 28.1 Å². The number of hydrogen-bond donors (Lipinski definition) is 0. The summed E-state index contributed by atoms with van der Waals surface area (Å²) in [5, 5.41) is 1.19. The first-order valence-electron chi connectivity index (χ1n) is 5.82. The van der Waals surface area contributed by atoms with Gasteiger partial charge in [0, 0.05) is 13.2 Å². The molecule has 2 heterocycles. The van der Waals surface area contributed by atoms with Crippen molar-refractivity contribution >= 4 is 34.2 Å². The van der Waals surface area contributed by atoms with Crippen molar-refractivity contribution in [3.63, 3.8) is 0 Å². The van der Waals surface area contributed by atoms with Crippen molar-refractivity contribution in [1.82, 2.24) is 14.5 Å². The van der Waals surface area contributed by atoms with E-state index in [1.165, 1.54) is 0 Å². The lowest BCUT2D eigenvalue weighted by Gasteiger charge is -2.06. The maximum Gasteiger partial charge on any atom is 0.143 e. The average Bonchev–Trinajstić information content (AvgIpc) is 2.69. The normalized spacial score (nSPS) is 11.2. The Labute approximate surface area is 120 Å². The topological polar surface area (TPSA) is 30.7 Å². The second kappa shape index (κ2) is 4.51. The van der Waals surface area contributed by atoms with Gasteiger partial charge in [0.2, 0.25) is 0 Å². The van der Waals surface area contributed by atoms with Gasteiger partial charge in [-0.25, -0.2) is 4.98 Å². The zero-order valence-corrected chi connectivity index (χ0v) is 12.0. The molecule has 0 bridgehead atoms. The molecule has 1 aromatic carbocycles. The van der Waals surface area contributed by atoms with Crippen molar-refractivity contribution in [3.8, 4) is 11.4 Å². The number of nitrogens with zero attached hydrogens (tertiary/aromatic N) is 3. The van der Waals surface area contributed by atoms with Gasteiger partial charge in [-0.05, 0) is 25.1 Å². The van der Waals surface area contributed by atoms with Crippen LogP contribution in [0.4, 0.5) is 0 Å². The summed E-state index contributed by atoms with van der Waals surface area (Å²) in [4.78, 5) is 8.89. The van der Waals surface area contributed by atoms with E-state index in [9.17, 15) is 0 Å². The maximum atomic E-state index is 6.25. The fraction of sp³-hybridized carbons (Fsp3) is 0.143. The van der Waals surface area contributed by atoms with Crippen molar-refractivity contribution in [2.45, 2.75) is 6.92 Å². The molecule has 0 unspecified atom stereocenters. The van der Waals surface area contributed by atoms with E-state index in [1.807, 2.05) is 42.8 Å². The Balaban J connectivity index is 2.38. The fourth-order valence-electron chi connectivity index (χ4n) is 2.18. The second-order valence-corrected chi connectivity index (χ2v) is 5.17. The molecule has 0 saturated carbocycles. The molecule has 5 heteroatoms. The van der Waals surface area contributed by atoms with E-state index < -0.39 is 0 Å². The minimum absolute atomic E-state index is 0.594. The quantitative estimate of drug-likeness (QED) is 0.671. The van der Waals surface area contributed by atoms with E-state index in [1.54, 1.807) is 6.20 Å². The number of imidazole rings is 1. The lowest BCUT2D eigenvalue weighted by molar-refractivity contribution is 0.959. The van der Waals surface area contributed by atoms with Gasteiger partial charge in [-0.1, -0.05) is 29.3 Å². The summed E-state index contributed by atoms with van der Waals surface area (Å²) >= 11 is 12.5. The molecule has 3 nitrogen and oxygen atoms in total. The Morgan fingerprint density at radius 3 is 2.42 bits per heavy atom. The number of fused-ring (bicyclic) bond motifs is 1. The molecule has 3 rings (SSSR count). The molecule has 0 spiro atoms. The molecule has 3 aromatic rings. The first-order chi connectivity index (χ1) is 9.09. The largest absolute Gasteiger partial charge is 0.327 e. The molecule has 96 valence electrons. The Kier molecular flexibility index (Phi) is 2.96. The van der Waals surface area contributed by atoms with Crippen LogP contribution in [0.1, 0.15) is 5.69 Å². The third-order valence-electron chi connectivity index (χ3n) is 3.17. The van der Waals surface area contributed by atoms with Crippen molar-refractivity contribution in [2.24, 2.45) is 7.05 Å². The predicted octanol–water partition coefficient (Wildman–Crippen LogP) is 4.25. The molecule has 0 amide bonds. The molecule has 0 aliphatic carbocycles. The molecule has 19 heavy (non-hydrogen) atoms. The maximum absolute atomic E-state index is 6.25. The van der Waals surface area contributed by atoms with Gasteiger partial charge in [-0.3, -0.25) is 4.98 Å². The van der Waals surface area contributed by atoms with Gasteiger partial charge < -0.3 is 4.57 Å². The molecule has 2 aromatic heterocycles. The summed E-state index contributed by atoms with van der Waals surface area (Å²) in [6.45, 7) is 1.94. The van der Waals surface area contributed by atoms with Crippen molar-refractivity contribution in [3.05, 3.63) is 46.2 Å².